The highest BCUT2D eigenvalue weighted by molar-refractivity contribution is 6.18. The predicted octanol–water partition coefficient (Wildman–Crippen LogP) is 14.3. The Morgan fingerprint density at radius 2 is 1.05 bits per heavy atom. The summed E-state index contributed by atoms with van der Waals surface area (Å²) in [5.74, 6) is 0. The molecule has 0 spiro atoms. The average Bonchev–Trinajstić information content (AvgIpc) is 3.51. The number of allylic oxidation sites excluding steroid dienone is 1. The molecular weight excluding hydrogens is 689 g/mol. The molecule has 2 nitrogen and oxygen atoms in total. The van der Waals surface area contributed by atoms with E-state index in [0.717, 1.165) is 55.1 Å². The smallest absolute Gasteiger partial charge is 0.0729 e. The third-order valence-electron chi connectivity index (χ3n) is 11.8. The molecule has 0 fully saturated rings. The van der Waals surface area contributed by atoms with Crippen molar-refractivity contribution >= 4 is 49.9 Å². The van der Waals surface area contributed by atoms with Crippen molar-refractivity contribution in [3.8, 4) is 33.4 Å². The fraction of sp³-hybridized carbons (Fsp3) is 0.0545. The molecule has 1 N–H and O–H groups in total. The van der Waals surface area contributed by atoms with Crippen molar-refractivity contribution in [3.63, 3.8) is 0 Å². The summed E-state index contributed by atoms with van der Waals surface area (Å²) in [5, 5.41) is 16.3. The third kappa shape index (κ3) is 5.89. The third-order valence-corrected chi connectivity index (χ3v) is 11.8. The zero-order valence-corrected chi connectivity index (χ0v) is 32.0. The second-order valence-electron chi connectivity index (χ2n) is 15.5. The van der Waals surface area contributed by atoms with Crippen LogP contribution in [0.3, 0.4) is 0 Å². The minimum absolute atomic E-state index is 0.0862. The first-order chi connectivity index (χ1) is 28.0. The number of fused-ring (bicyclic) bond motifs is 7. The lowest BCUT2D eigenvalue weighted by atomic mass is 9.81. The summed E-state index contributed by atoms with van der Waals surface area (Å²) in [6.45, 7) is 4.71. The molecule has 1 aliphatic rings. The van der Waals surface area contributed by atoms with Gasteiger partial charge in [-0.1, -0.05) is 202 Å². The second kappa shape index (κ2) is 13.8. The van der Waals surface area contributed by atoms with Crippen LogP contribution in [0.1, 0.15) is 41.7 Å². The molecule has 2 heteroatoms. The molecule has 0 saturated carbocycles. The van der Waals surface area contributed by atoms with Crippen LogP contribution in [0.4, 0.5) is 0 Å². The standard InChI is InChI=1S/C55H40N2/c1-55(2)49-25-13-23-44(53(49)54-43-20-9-7-17-38(43)30-33-50(54)55)40-28-26-39(27-29-40)42-31-32-48(46-22-11-10-21-45(42)46)52(57-35-36-14-4-3-5-15-36)34-51(56)47-24-12-18-37-16-6-8-19-41(37)47/h3-35,56H,1-2H3/b52-34-,56-51?,57-35?. The van der Waals surface area contributed by atoms with Gasteiger partial charge in [0.15, 0.2) is 0 Å². The zero-order valence-electron chi connectivity index (χ0n) is 32.0. The first-order valence-corrected chi connectivity index (χ1v) is 19.6. The van der Waals surface area contributed by atoms with Gasteiger partial charge in [-0.05, 0) is 88.5 Å². The van der Waals surface area contributed by atoms with Crippen molar-refractivity contribution < 1.29 is 0 Å². The Labute approximate surface area is 333 Å². The first kappa shape index (κ1) is 34.3. The van der Waals surface area contributed by atoms with Gasteiger partial charge in [0.2, 0.25) is 0 Å². The highest BCUT2D eigenvalue weighted by atomic mass is 14.7. The van der Waals surface area contributed by atoms with Crippen molar-refractivity contribution in [2.75, 3.05) is 0 Å². The molecule has 0 atom stereocenters. The summed E-state index contributed by atoms with van der Waals surface area (Å²) < 4.78 is 0. The van der Waals surface area contributed by atoms with Gasteiger partial charge in [-0.25, -0.2) is 0 Å². The maximum absolute atomic E-state index is 9.35. The number of aliphatic imine (C=N–C) groups is 1. The van der Waals surface area contributed by atoms with Gasteiger partial charge in [0.1, 0.15) is 0 Å². The first-order valence-electron chi connectivity index (χ1n) is 19.6. The topological polar surface area (TPSA) is 36.2 Å². The molecule has 9 aromatic rings. The van der Waals surface area contributed by atoms with Gasteiger partial charge in [-0.15, -0.1) is 0 Å². The number of hydrogen-bond acceptors (Lipinski definition) is 2. The highest BCUT2D eigenvalue weighted by Crippen LogP contribution is 2.54. The van der Waals surface area contributed by atoms with Crippen molar-refractivity contribution in [1.82, 2.24) is 0 Å². The molecule has 9 aromatic carbocycles. The molecule has 0 saturated heterocycles. The van der Waals surface area contributed by atoms with E-state index < -0.39 is 0 Å². The van der Waals surface area contributed by atoms with Gasteiger partial charge < -0.3 is 5.41 Å². The summed E-state index contributed by atoms with van der Waals surface area (Å²) in [4.78, 5) is 5.08. The molecule has 10 rings (SSSR count). The average molecular weight is 729 g/mol. The van der Waals surface area contributed by atoms with Crippen molar-refractivity contribution in [2.45, 2.75) is 19.3 Å². The molecule has 270 valence electrons. The van der Waals surface area contributed by atoms with Crippen molar-refractivity contribution in [3.05, 3.63) is 222 Å². The van der Waals surface area contributed by atoms with Gasteiger partial charge in [0.25, 0.3) is 0 Å². The van der Waals surface area contributed by atoms with Crippen LogP contribution in [0.25, 0.3) is 71.4 Å². The monoisotopic (exact) mass is 728 g/mol. The molecule has 0 aliphatic heterocycles. The molecule has 0 unspecified atom stereocenters. The molecule has 0 amide bonds. The van der Waals surface area contributed by atoms with Gasteiger partial charge in [-0.3, -0.25) is 4.99 Å². The number of hydrogen-bond donors (Lipinski definition) is 1. The lowest BCUT2D eigenvalue weighted by Crippen LogP contribution is -2.14. The van der Waals surface area contributed by atoms with Crippen LogP contribution in [0, 0.1) is 5.41 Å². The molecule has 1 aliphatic carbocycles. The maximum atomic E-state index is 9.35. The summed E-state index contributed by atoms with van der Waals surface area (Å²) in [5.41, 5.74) is 14.2. The summed E-state index contributed by atoms with van der Waals surface area (Å²) in [6, 6.07) is 66.8. The highest BCUT2D eigenvalue weighted by Gasteiger charge is 2.37. The van der Waals surface area contributed by atoms with Crippen LogP contribution in [0.2, 0.25) is 0 Å². The molecule has 0 bridgehead atoms. The summed E-state index contributed by atoms with van der Waals surface area (Å²) >= 11 is 0. The van der Waals surface area contributed by atoms with E-state index in [1.54, 1.807) is 0 Å². The van der Waals surface area contributed by atoms with Crippen molar-refractivity contribution in [1.29, 1.82) is 5.41 Å². The van der Waals surface area contributed by atoms with Crippen LogP contribution in [-0.2, 0) is 5.41 Å². The maximum Gasteiger partial charge on any atom is 0.0729 e. The predicted molar refractivity (Wildman–Crippen MR) is 243 cm³/mol. The lowest BCUT2D eigenvalue weighted by Gasteiger charge is -2.21. The Morgan fingerprint density at radius 1 is 0.456 bits per heavy atom. The normalized spacial score (nSPS) is 13.3. The molecule has 57 heavy (non-hydrogen) atoms. The second-order valence-corrected chi connectivity index (χ2v) is 15.5. The number of nitrogens with zero attached hydrogens (tertiary/aromatic N) is 1. The Kier molecular flexibility index (Phi) is 8.34. The Morgan fingerprint density at radius 3 is 1.82 bits per heavy atom. The van der Waals surface area contributed by atoms with Gasteiger partial charge >= 0.3 is 0 Å². The van der Waals surface area contributed by atoms with Crippen LogP contribution < -0.4 is 0 Å². The van der Waals surface area contributed by atoms with E-state index in [-0.39, 0.29) is 5.41 Å². The minimum atomic E-state index is -0.0862. The molecule has 0 aromatic heterocycles. The lowest BCUT2D eigenvalue weighted by molar-refractivity contribution is 0.661. The van der Waals surface area contributed by atoms with E-state index in [2.05, 4.69) is 147 Å². The van der Waals surface area contributed by atoms with Gasteiger partial charge in [0, 0.05) is 22.8 Å². The van der Waals surface area contributed by atoms with Gasteiger partial charge in [-0.2, -0.15) is 0 Å². The summed E-state index contributed by atoms with van der Waals surface area (Å²) in [6.07, 6.45) is 3.81. The van der Waals surface area contributed by atoms with Crippen LogP contribution >= 0.6 is 0 Å². The van der Waals surface area contributed by atoms with E-state index in [0.29, 0.717) is 5.71 Å². The van der Waals surface area contributed by atoms with E-state index in [9.17, 15) is 5.41 Å². The van der Waals surface area contributed by atoms with Crippen LogP contribution in [-0.4, -0.2) is 11.9 Å². The number of benzene rings is 9. The number of nitrogens with one attached hydrogen (secondary N) is 1. The number of rotatable bonds is 7. The van der Waals surface area contributed by atoms with E-state index in [1.807, 2.05) is 66.9 Å². The van der Waals surface area contributed by atoms with Gasteiger partial charge in [0.05, 0.1) is 11.4 Å². The zero-order chi connectivity index (χ0) is 38.5. The van der Waals surface area contributed by atoms with Crippen LogP contribution in [0.15, 0.2) is 199 Å². The van der Waals surface area contributed by atoms with E-state index in [4.69, 9.17) is 4.99 Å². The minimum Gasteiger partial charge on any atom is -0.300 e. The summed E-state index contributed by atoms with van der Waals surface area (Å²) in [7, 11) is 0. The molecule has 0 radical (unpaired) electrons. The quantitative estimate of drug-likeness (QED) is 0.159. The Bertz CT molecular complexity index is 3090. The van der Waals surface area contributed by atoms with E-state index in [1.165, 1.54) is 44.2 Å². The van der Waals surface area contributed by atoms with Crippen LogP contribution in [0.5, 0.6) is 0 Å². The Balaban J connectivity index is 1.07. The SMILES string of the molecule is CC1(C)c2cccc(-c3ccc(-c4ccc(/C(=C/C(=N)c5cccc6ccccc56)N=Cc5ccccc5)c5ccccc45)cc3)c2-c2c1ccc1ccccc21. The van der Waals surface area contributed by atoms with Crippen molar-refractivity contribution in [2.24, 2.45) is 4.99 Å². The fourth-order valence-corrected chi connectivity index (χ4v) is 8.94. The Hall–Kier alpha value is -7.16. The largest absolute Gasteiger partial charge is 0.300 e. The van der Waals surface area contributed by atoms with E-state index >= 15 is 0 Å². The fourth-order valence-electron chi connectivity index (χ4n) is 8.94. The molecule has 0 heterocycles. The molecular formula is C55H40N2.